The SMILES string of the molecule is CCCCC/C=C/CC/C=C/CCCC(O)C(O)C(CO)NC(=O)CCCCCCCCC/C=C\CCCCCCCCCCCCCC. The van der Waals surface area contributed by atoms with Gasteiger partial charge in [0.05, 0.1) is 18.8 Å². The zero-order valence-corrected chi connectivity index (χ0v) is 32.6. The minimum Gasteiger partial charge on any atom is -0.394 e. The molecule has 0 rings (SSSR count). The van der Waals surface area contributed by atoms with Crippen molar-refractivity contribution in [2.24, 2.45) is 0 Å². The van der Waals surface area contributed by atoms with E-state index in [2.05, 4.69) is 55.6 Å². The molecule has 5 nitrogen and oxygen atoms in total. The van der Waals surface area contributed by atoms with Crippen LogP contribution in [0.1, 0.15) is 213 Å². The summed E-state index contributed by atoms with van der Waals surface area (Å²) in [5.74, 6) is -0.164. The normalized spacial score (nSPS) is 14.0. The van der Waals surface area contributed by atoms with Crippen molar-refractivity contribution in [3.8, 4) is 0 Å². The summed E-state index contributed by atoms with van der Waals surface area (Å²) in [7, 11) is 0. The van der Waals surface area contributed by atoms with Gasteiger partial charge in [0, 0.05) is 6.42 Å². The number of amides is 1. The molecule has 0 heterocycles. The Morgan fingerprint density at radius 3 is 1.29 bits per heavy atom. The molecule has 5 heteroatoms. The van der Waals surface area contributed by atoms with Gasteiger partial charge in [-0.25, -0.2) is 0 Å². The number of nitrogens with one attached hydrogen (secondary N) is 1. The summed E-state index contributed by atoms with van der Waals surface area (Å²) < 4.78 is 0. The Labute approximate surface area is 304 Å². The first-order valence-corrected chi connectivity index (χ1v) is 21.3. The minimum atomic E-state index is -1.17. The zero-order chi connectivity index (χ0) is 35.9. The van der Waals surface area contributed by atoms with Gasteiger partial charge in [-0.3, -0.25) is 4.79 Å². The van der Waals surface area contributed by atoms with Gasteiger partial charge in [0.2, 0.25) is 5.91 Å². The summed E-state index contributed by atoms with van der Waals surface area (Å²) in [6.07, 6.45) is 48.3. The van der Waals surface area contributed by atoms with Crippen molar-refractivity contribution >= 4 is 5.91 Å². The van der Waals surface area contributed by atoms with Gasteiger partial charge in [-0.1, -0.05) is 166 Å². The number of aliphatic hydroxyl groups is 3. The lowest BCUT2D eigenvalue weighted by Gasteiger charge is -2.26. The molecule has 0 aromatic heterocycles. The molecule has 0 radical (unpaired) electrons. The molecule has 0 saturated carbocycles. The molecule has 0 spiro atoms. The van der Waals surface area contributed by atoms with E-state index >= 15 is 0 Å². The lowest BCUT2D eigenvalue weighted by molar-refractivity contribution is -0.124. The highest BCUT2D eigenvalue weighted by Crippen LogP contribution is 2.14. The topological polar surface area (TPSA) is 89.8 Å². The summed E-state index contributed by atoms with van der Waals surface area (Å²) in [6, 6.07) is -0.833. The third-order valence-corrected chi connectivity index (χ3v) is 9.69. The molecule has 3 atom stereocenters. The number of allylic oxidation sites excluding steroid dienone is 6. The van der Waals surface area contributed by atoms with Gasteiger partial charge >= 0.3 is 0 Å². The van der Waals surface area contributed by atoms with E-state index in [1.807, 2.05) is 0 Å². The smallest absolute Gasteiger partial charge is 0.220 e. The standard InChI is InChI=1S/C44H83NO4/c1-3-5-7-9-11-13-15-17-18-19-20-21-22-23-24-25-26-27-29-31-33-35-37-39-43(48)45-41(40-46)44(49)42(47)38-36-34-32-30-28-16-14-12-10-8-6-4-2/h12,14,23-24,30,32,41-42,44,46-47,49H,3-11,13,15-22,25-29,31,33-40H2,1-2H3,(H,45,48)/b14-12+,24-23-,32-30+. The first-order valence-electron chi connectivity index (χ1n) is 21.3. The van der Waals surface area contributed by atoms with Crippen molar-refractivity contribution in [1.82, 2.24) is 5.32 Å². The van der Waals surface area contributed by atoms with Crippen molar-refractivity contribution in [3.63, 3.8) is 0 Å². The fourth-order valence-corrected chi connectivity index (χ4v) is 6.35. The van der Waals surface area contributed by atoms with Crippen LogP contribution in [0.25, 0.3) is 0 Å². The summed E-state index contributed by atoms with van der Waals surface area (Å²) in [4.78, 5) is 12.4. The van der Waals surface area contributed by atoms with Crippen LogP contribution in [0.4, 0.5) is 0 Å². The van der Waals surface area contributed by atoms with E-state index in [0.717, 1.165) is 44.9 Å². The first-order chi connectivity index (χ1) is 24.1. The minimum absolute atomic E-state index is 0.164. The third kappa shape index (κ3) is 34.8. The number of carbonyl (C=O) groups is 1. The first kappa shape index (κ1) is 47.6. The molecule has 0 aliphatic rings. The van der Waals surface area contributed by atoms with Crippen molar-refractivity contribution < 1.29 is 20.1 Å². The van der Waals surface area contributed by atoms with Gasteiger partial charge < -0.3 is 20.6 Å². The van der Waals surface area contributed by atoms with Crippen LogP contribution >= 0.6 is 0 Å². The number of aliphatic hydroxyl groups excluding tert-OH is 3. The lowest BCUT2D eigenvalue weighted by atomic mass is 10.0. The molecule has 0 saturated heterocycles. The number of rotatable bonds is 38. The molecule has 288 valence electrons. The van der Waals surface area contributed by atoms with Crippen molar-refractivity contribution in [3.05, 3.63) is 36.5 Å². The second kappa shape index (κ2) is 39.4. The fourth-order valence-electron chi connectivity index (χ4n) is 6.35. The summed E-state index contributed by atoms with van der Waals surface area (Å²) in [6.45, 7) is 4.12. The van der Waals surface area contributed by atoms with Gasteiger partial charge in [0.25, 0.3) is 0 Å². The Balaban J connectivity index is 3.65. The van der Waals surface area contributed by atoms with Gasteiger partial charge in [-0.2, -0.15) is 0 Å². The monoisotopic (exact) mass is 690 g/mol. The summed E-state index contributed by atoms with van der Waals surface area (Å²) in [5.41, 5.74) is 0. The van der Waals surface area contributed by atoms with Gasteiger partial charge in [-0.15, -0.1) is 0 Å². The Kier molecular flexibility index (Phi) is 38.2. The van der Waals surface area contributed by atoms with Crippen LogP contribution in [0.5, 0.6) is 0 Å². The van der Waals surface area contributed by atoms with Crippen molar-refractivity contribution in [2.75, 3.05) is 6.61 Å². The second-order valence-electron chi connectivity index (χ2n) is 14.5. The highest BCUT2D eigenvalue weighted by atomic mass is 16.3. The fraction of sp³-hybridized carbons (Fsp3) is 0.841. The van der Waals surface area contributed by atoms with Gasteiger partial charge in [0.15, 0.2) is 0 Å². The van der Waals surface area contributed by atoms with Crippen molar-refractivity contribution in [1.29, 1.82) is 0 Å². The Morgan fingerprint density at radius 1 is 0.490 bits per heavy atom. The Hall–Kier alpha value is -1.43. The lowest BCUT2D eigenvalue weighted by Crippen LogP contribution is -2.50. The molecule has 49 heavy (non-hydrogen) atoms. The molecule has 0 aliphatic heterocycles. The number of unbranched alkanes of at least 4 members (excludes halogenated alkanes) is 24. The molecule has 0 aliphatic carbocycles. The van der Waals surface area contributed by atoms with E-state index in [9.17, 15) is 20.1 Å². The zero-order valence-electron chi connectivity index (χ0n) is 32.6. The van der Waals surface area contributed by atoms with E-state index < -0.39 is 18.2 Å². The maximum absolute atomic E-state index is 12.4. The average Bonchev–Trinajstić information content (AvgIpc) is 3.10. The maximum Gasteiger partial charge on any atom is 0.220 e. The van der Waals surface area contributed by atoms with Gasteiger partial charge in [0.1, 0.15) is 6.10 Å². The predicted molar refractivity (Wildman–Crippen MR) is 213 cm³/mol. The molecule has 0 bridgehead atoms. The van der Waals surface area contributed by atoms with Crippen LogP contribution in [-0.4, -0.2) is 46.1 Å². The third-order valence-electron chi connectivity index (χ3n) is 9.69. The van der Waals surface area contributed by atoms with Crippen LogP contribution in [0.3, 0.4) is 0 Å². The number of hydrogen-bond acceptors (Lipinski definition) is 4. The molecule has 4 N–H and O–H groups in total. The predicted octanol–water partition coefficient (Wildman–Crippen LogP) is 12.0. The van der Waals surface area contributed by atoms with Crippen LogP contribution < -0.4 is 5.32 Å². The second-order valence-corrected chi connectivity index (χ2v) is 14.5. The highest BCUT2D eigenvalue weighted by molar-refractivity contribution is 5.76. The number of hydrogen-bond donors (Lipinski definition) is 4. The van der Waals surface area contributed by atoms with E-state index in [1.54, 1.807) is 0 Å². The molecule has 0 fully saturated rings. The Bertz CT molecular complexity index is 764. The summed E-state index contributed by atoms with van der Waals surface area (Å²) >= 11 is 0. The highest BCUT2D eigenvalue weighted by Gasteiger charge is 2.26. The van der Waals surface area contributed by atoms with E-state index in [1.165, 1.54) is 141 Å². The Morgan fingerprint density at radius 2 is 0.837 bits per heavy atom. The number of carbonyl (C=O) groups excluding carboxylic acids is 1. The molecular formula is C44H83NO4. The molecule has 0 aromatic rings. The van der Waals surface area contributed by atoms with E-state index in [-0.39, 0.29) is 12.5 Å². The largest absolute Gasteiger partial charge is 0.394 e. The van der Waals surface area contributed by atoms with Crippen molar-refractivity contribution in [2.45, 2.75) is 231 Å². The van der Waals surface area contributed by atoms with Crippen LogP contribution in [0.15, 0.2) is 36.5 Å². The molecular weight excluding hydrogens is 606 g/mol. The average molecular weight is 690 g/mol. The molecule has 1 amide bonds. The van der Waals surface area contributed by atoms with E-state index in [4.69, 9.17) is 0 Å². The quantitative estimate of drug-likeness (QED) is 0.0384. The van der Waals surface area contributed by atoms with Crippen LogP contribution in [0, 0.1) is 0 Å². The maximum atomic E-state index is 12.4. The molecule has 3 unspecified atom stereocenters. The summed E-state index contributed by atoms with van der Waals surface area (Å²) in [5, 5.41) is 33.4. The van der Waals surface area contributed by atoms with Crippen LogP contribution in [0.2, 0.25) is 0 Å². The van der Waals surface area contributed by atoms with Crippen LogP contribution in [-0.2, 0) is 4.79 Å². The van der Waals surface area contributed by atoms with E-state index in [0.29, 0.717) is 12.8 Å². The molecule has 0 aromatic carbocycles. The van der Waals surface area contributed by atoms with Gasteiger partial charge in [-0.05, 0) is 77.0 Å².